The summed E-state index contributed by atoms with van der Waals surface area (Å²) in [7, 11) is -10.9. The van der Waals surface area contributed by atoms with Crippen molar-refractivity contribution in [1.82, 2.24) is 23.2 Å². The molecule has 10 aromatic carbocycles. The van der Waals surface area contributed by atoms with Gasteiger partial charge in [-0.05, 0) is 219 Å². The minimum absolute atomic E-state index is 0.274. The van der Waals surface area contributed by atoms with Gasteiger partial charge >= 0.3 is 40.8 Å². The van der Waals surface area contributed by atoms with E-state index in [-0.39, 0.29) is 29.5 Å². The van der Waals surface area contributed by atoms with Crippen LogP contribution in [0, 0.1) is 20.8 Å². The second-order valence-electron chi connectivity index (χ2n) is 27.6. The van der Waals surface area contributed by atoms with E-state index in [9.17, 15) is 62.4 Å². The number of halogens is 3. The van der Waals surface area contributed by atoms with Gasteiger partial charge in [-0.1, -0.05) is 58.2 Å². The lowest BCUT2D eigenvalue weighted by Crippen LogP contribution is -2.30. The van der Waals surface area contributed by atoms with E-state index >= 15 is 0 Å². The van der Waals surface area contributed by atoms with Gasteiger partial charge in [0.05, 0.1) is 45.9 Å². The van der Waals surface area contributed by atoms with Gasteiger partial charge in [0.25, 0.3) is 35.4 Å². The molecule has 620 valence electrons. The van der Waals surface area contributed by atoms with Gasteiger partial charge in [0.1, 0.15) is 5.58 Å². The van der Waals surface area contributed by atoms with Crippen LogP contribution in [-0.2, 0) is 40.8 Å². The van der Waals surface area contributed by atoms with Crippen LogP contribution in [0.5, 0.6) is 0 Å². The molecule has 0 atom stereocenters. The van der Waals surface area contributed by atoms with Crippen LogP contribution < -0.4 is 58.6 Å². The van der Waals surface area contributed by atoms with Crippen molar-refractivity contribution in [3.8, 4) is 0 Å². The van der Waals surface area contributed by atoms with Gasteiger partial charge in [0, 0.05) is 161 Å². The van der Waals surface area contributed by atoms with Crippen molar-refractivity contribution in [3.63, 3.8) is 0 Å². The smallest absolute Gasteiger partial charge is 0.303 e. The Kier molecular flexibility index (Phi) is 25.8. The highest BCUT2D eigenvalue weighted by atomic mass is 35.5. The number of hydrogen-bond donors (Lipinski definition) is 8. The van der Waals surface area contributed by atoms with E-state index in [1.165, 1.54) is 31.9 Å². The van der Waals surface area contributed by atoms with Crippen molar-refractivity contribution in [1.29, 1.82) is 0 Å². The Morgan fingerprint density at radius 2 is 0.792 bits per heavy atom. The maximum absolute atomic E-state index is 12.9. The molecular weight excluding hydrogens is 1690 g/mol. The molecule has 0 aliphatic carbocycles. The lowest BCUT2D eigenvalue weighted by molar-refractivity contribution is 0.101. The largest absolute Gasteiger partial charge is 0.464 e. The molecule has 6 amide bonds. The molecule has 4 aliphatic heterocycles. The predicted molar refractivity (Wildman–Crippen MR) is 465 cm³/mol. The lowest BCUT2D eigenvalue weighted by Gasteiger charge is -2.18. The van der Waals surface area contributed by atoms with Gasteiger partial charge in [-0.15, -0.1) is 0 Å². The summed E-state index contributed by atoms with van der Waals surface area (Å²) in [6.07, 6.45) is 3.20. The van der Waals surface area contributed by atoms with Crippen molar-refractivity contribution < 1.29 is 71.4 Å². The Bertz CT molecular complexity index is 6100. The van der Waals surface area contributed by atoms with Crippen molar-refractivity contribution >= 4 is 190 Å². The first-order chi connectivity index (χ1) is 57.2. The molecule has 31 nitrogen and oxygen atoms in total. The Morgan fingerprint density at radius 3 is 1.24 bits per heavy atom. The highest BCUT2D eigenvalue weighted by molar-refractivity contribution is 7.91. The lowest BCUT2D eigenvalue weighted by atomic mass is 10.1. The number of aryl methyl sites for hydroxylation is 3. The summed E-state index contributed by atoms with van der Waals surface area (Å²) in [5.41, 5.74) is 10.9. The molecule has 0 bridgehead atoms. The maximum Gasteiger partial charge on any atom is 0.303 e. The zero-order valence-electron chi connectivity index (χ0n) is 64.4. The van der Waals surface area contributed by atoms with Crippen molar-refractivity contribution in [2.24, 2.45) is 0 Å². The summed E-state index contributed by atoms with van der Waals surface area (Å²) in [6.45, 7) is 8.33. The summed E-state index contributed by atoms with van der Waals surface area (Å²) in [5.74, 6) is -2.01. The SMILES string of the molecule is CN1CCN(c2ccc(C(=O)Nc3ccc4ccoc4c3)cc2)S1(=O)=O.CN1CCN(c2ccc(C(=O)Nc3ccc4cnoc4c3)cc2)S1(=O)=O.Cc1cc(N2CCNS2(=O)=O)ccc1C(=O)Nc1ccc(Cl)c(NC(=O)c2cccc(Cl)c2)c1.Cc1ccc(NC(=O)c2ccc(N3CCNS3(=O)=O)cc2C)cc1NC(=O)c1cccc(Cl)c1. The standard InChI is InChI=1S/C24H23ClN4O4S.C23H20Cl2N4O4S.C18H17N3O4S.C17H16N4O4S/c1-15-6-7-19(14-22(15)28-23(30)17-4-3-5-18(25)13-17)27-24(31)21-9-8-20(12-16(21)2)29-11-10-26-34(29,32)33;1-14-11-18(29-10-9-26-34(29,32)33)6-7-19(14)23(31)27-17-5-8-20(25)21(13-17)28-22(30)15-3-2-4-16(24)12-15;1-20-9-10-21(26(20,23)24)16-6-3-14(4-7-16)18(22)19-15-5-2-13-8-11-25-17(13)12-15;1-20-8-9-21(26(20,23)24)15-6-3-12(4-7-15)17(22)19-14-5-2-13-11-18-25-16(13)10-14/h3-9,12-14,26H,10-11H2,1-2H3,(H,27,31)(H,28,30);2-8,11-13,26H,9-10H2,1H3,(H,27,31)(H,28,30);2-8,11-12H,9-10H2,1H3,(H,19,22);2-7,10-11H,8-9H2,1H3,(H,19,22). The molecule has 16 rings (SSSR count). The summed E-state index contributed by atoms with van der Waals surface area (Å²) in [5, 5.41) is 23.5. The van der Waals surface area contributed by atoms with E-state index in [0.717, 1.165) is 16.3 Å². The van der Waals surface area contributed by atoms with Crippen molar-refractivity contribution in [2.75, 3.05) is 116 Å². The Morgan fingerprint density at radius 1 is 0.375 bits per heavy atom. The fraction of sp³-hybridized carbons (Fsp3) is 0.159. The molecule has 12 aromatic rings. The zero-order valence-corrected chi connectivity index (χ0v) is 70.0. The number of amides is 6. The van der Waals surface area contributed by atoms with Gasteiger partial charge in [-0.3, -0.25) is 46.0 Å². The van der Waals surface area contributed by atoms with Gasteiger partial charge in [0.15, 0.2) is 5.58 Å². The molecule has 0 unspecified atom stereocenters. The van der Waals surface area contributed by atoms with E-state index in [1.807, 2.05) is 19.1 Å². The Hall–Kier alpha value is -12.3. The van der Waals surface area contributed by atoms with Crippen LogP contribution in [0.1, 0.15) is 78.8 Å². The second-order valence-corrected chi connectivity index (χ2v) is 36.1. The first kappa shape index (κ1) is 85.6. The average molecular weight is 1760 g/mol. The molecule has 4 saturated heterocycles. The van der Waals surface area contributed by atoms with Crippen LogP contribution in [0.4, 0.5) is 56.9 Å². The van der Waals surface area contributed by atoms with E-state index in [2.05, 4.69) is 46.5 Å². The first-order valence-electron chi connectivity index (χ1n) is 36.7. The van der Waals surface area contributed by atoms with Gasteiger partial charge in [-0.2, -0.15) is 51.7 Å². The highest BCUT2D eigenvalue weighted by Gasteiger charge is 2.36. The van der Waals surface area contributed by atoms with Crippen LogP contribution in [0.2, 0.25) is 15.1 Å². The van der Waals surface area contributed by atoms with Crippen LogP contribution in [-0.4, -0.2) is 149 Å². The molecule has 4 fully saturated rings. The second kappa shape index (κ2) is 36.1. The third kappa shape index (κ3) is 19.9. The zero-order chi connectivity index (χ0) is 85.5. The highest BCUT2D eigenvalue weighted by Crippen LogP contribution is 2.33. The van der Waals surface area contributed by atoms with E-state index in [0.29, 0.717) is 180 Å². The number of furan rings is 1. The van der Waals surface area contributed by atoms with Gasteiger partial charge < -0.3 is 40.8 Å². The fourth-order valence-corrected chi connectivity index (χ4v) is 18.6. The number of rotatable bonds is 16. The van der Waals surface area contributed by atoms with E-state index < -0.39 is 46.7 Å². The molecule has 2 aromatic heterocycles. The minimum atomic E-state index is -3.55. The van der Waals surface area contributed by atoms with Crippen LogP contribution in [0.3, 0.4) is 0 Å². The monoisotopic (exact) mass is 1760 g/mol. The number of anilines is 10. The molecule has 0 saturated carbocycles. The normalized spacial score (nSPS) is 15.6. The van der Waals surface area contributed by atoms with Gasteiger partial charge in [-0.25, -0.2) is 0 Å². The van der Waals surface area contributed by atoms with Crippen molar-refractivity contribution in [3.05, 3.63) is 290 Å². The van der Waals surface area contributed by atoms with Crippen molar-refractivity contribution in [2.45, 2.75) is 20.8 Å². The van der Waals surface area contributed by atoms with E-state index in [1.54, 1.807) is 235 Å². The third-order valence-electron chi connectivity index (χ3n) is 19.4. The molecule has 120 heavy (non-hydrogen) atoms. The third-order valence-corrected chi connectivity index (χ3v) is 27.1. The van der Waals surface area contributed by atoms with Crippen LogP contribution in [0.25, 0.3) is 21.9 Å². The summed E-state index contributed by atoms with van der Waals surface area (Å²) >= 11 is 18.2. The summed E-state index contributed by atoms with van der Waals surface area (Å²) < 4.78 is 120. The maximum atomic E-state index is 12.9. The number of hydrogen-bond acceptors (Lipinski definition) is 17. The van der Waals surface area contributed by atoms with Crippen LogP contribution >= 0.6 is 34.8 Å². The first-order valence-corrected chi connectivity index (χ1v) is 43.5. The van der Waals surface area contributed by atoms with Crippen LogP contribution in [0.15, 0.2) is 234 Å². The minimum Gasteiger partial charge on any atom is -0.464 e. The van der Waals surface area contributed by atoms with E-state index in [4.69, 9.17) is 43.7 Å². The molecule has 4 aliphatic rings. The number of nitrogens with zero attached hydrogens (tertiary/aromatic N) is 7. The average Bonchev–Trinajstić information content (AvgIpc) is 1.62. The molecule has 0 radical (unpaired) electrons. The number of aromatic nitrogens is 1. The summed E-state index contributed by atoms with van der Waals surface area (Å²) in [6, 6.07) is 58.3. The molecule has 6 heterocycles. The Labute approximate surface area is 705 Å². The topological polar surface area (TPSA) is 394 Å². The molecule has 8 N–H and O–H groups in total. The number of carbonyl (C=O) groups is 6. The molecular formula is C82H76Cl3N15O16S4. The quantitative estimate of drug-likeness (QED) is 0.0445. The number of benzene rings is 10. The summed E-state index contributed by atoms with van der Waals surface area (Å²) in [4.78, 5) is 75.8. The number of nitrogens with one attached hydrogen (secondary N) is 8. The fourth-order valence-electron chi connectivity index (χ4n) is 12.9. The van der Waals surface area contributed by atoms with Gasteiger partial charge in [0.2, 0.25) is 0 Å². The molecule has 0 spiro atoms. The number of fused-ring (bicyclic) bond motifs is 2. The molecule has 38 heteroatoms. The number of likely N-dealkylation sites (N-methyl/N-ethyl adjacent to an activating group) is 2. The number of carbonyl (C=O) groups excluding carboxylic acids is 6. The predicted octanol–water partition coefficient (Wildman–Crippen LogP) is 13.3. The Balaban J connectivity index is 0.000000139.